The molecule has 0 spiro atoms. The Morgan fingerprint density at radius 3 is 2.50 bits per heavy atom. The van der Waals surface area contributed by atoms with Crippen molar-refractivity contribution >= 4 is 0 Å². The van der Waals surface area contributed by atoms with Crippen LogP contribution in [0.1, 0.15) is 22.9 Å². The number of H-pyrrole nitrogens is 2. The molecule has 0 fully saturated rings. The van der Waals surface area contributed by atoms with Crippen LogP contribution in [0.4, 0.5) is 0 Å². The Kier molecular flexibility index (Phi) is 2.39. The van der Waals surface area contributed by atoms with Gasteiger partial charge in [0.15, 0.2) is 0 Å². The lowest BCUT2D eigenvalue weighted by atomic mass is 10.2. The van der Waals surface area contributed by atoms with E-state index in [4.69, 9.17) is 0 Å². The lowest BCUT2D eigenvalue weighted by Gasteiger charge is -1.95. The maximum absolute atomic E-state index is 4.27. The molecule has 3 nitrogen and oxygen atoms in total. The smallest absolute Gasteiger partial charge is 0.106 e. The summed E-state index contributed by atoms with van der Waals surface area (Å²) in [5.74, 6) is 1.06. The molecular formula is C11H15N3. The fraction of sp³-hybridized carbons (Fsp3) is 0.364. The molecule has 2 heterocycles. The van der Waals surface area contributed by atoms with Gasteiger partial charge in [-0.3, -0.25) is 0 Å². The Morgan fingerprint density at radius 1 is 1.07 bits per heavy atom. The van der Waals surface area contributed by atoms with Crippen molar-refractivity contribution in [2.45, 2.75) is 26.7 Å². The number of rotatable bonds is 3. The minimum absolute atomic E-state index is 0.966. The van der Waals surface area contributed by atoms with Crippen molar-refractivity contribution in [3.8, 4) is 0 Å². The predicted octanol–water partition coefficient (Wildman–Crippen LogP) is 2.14. The lowest BCUT2D eigenvalue weighted by Crippen LogP contribution is -1.93. The first-order valence-electron chi connectivity index (χ1n) is 4.89. The molecule has 74 valence electrons. The third-order valence-corrected chi connectivity index (χ3v) is 2.28. The van der Waals surface area contributed by atoms with Gasteiger partial charge in [0.2, 0.25) is 0 Å². The fourth-order valence-electron chi connectivity index (χ4n) is 1.56. The van der Waals surface area contributed by atoms with Crippen LogP contribution >= 0.6 is 0 Å². The van der Waals surface area contributed by atoms with Gasteiger partial charge < -0.3 is 9.97 Å². The zero-order valence-corrected chi connectivity index (χ0v) is 8.59. The molecule has 14 heavy (non-hydrogen) atoms. The first-order chi connectivity index (χ1) is 6.74. The van der Waals surface area contributed by atoms with E-state index in [0.717, 1.165) is 24.4 Å². The van der Waals surface area contributed by atoms with Crippen LogP contribution in [0.15, 0.2) is 18.3 Å². The van der Waals surface area contributed by atoms with Gasteiger partial charge in [-0.2, -0.15) is 0 Å². The Bertz CT molecular complexity index is 371. The fourth-order valence-corrected chi connectivity index (χ4v) is 1.56. The molecule has 0 saturated carbocycles. The molecule has 0 aliphatic rings. The summed E-state index contributed by atoms with van der Waals surface area (Å²) >= 11 is 0. The van der Waals surface area contributed by atoms with E-state index in [1.165, 1.54) is 11.4 Å². The second-order valence-electron chi connectivity index (χ2n) is 3.68. The summed E-state index contributed by atoms with van der Waals surface area (Å²) in [6, 6.07) is 4.23. The summed E-state index contributed by atoms with van der Waals surface area (Å²) in [6.45, 7) is 4.09. The van der Waals surface area contributed by atoms with Gasteiger partial charge in [-0.05, 0) is 32.4 Å². The van der Waals surface area contributed by atoms with Gasteiger partial charge in [0.1, 0.15) is 5.82 Å². The first-order valence-corrected chi connectivity index (χ1v) is 4.89. The minimum Gasteiger partial charge on any atom is -0.362 e. The quantitative estimate of drug-likeness (QED) is 0.763. The molecule has 3 heteroatoms. The third-order valence-electron chi connectivity index (χ3n) is 2.28. The molecular weight excluding hydrogens is 174 g/mol. The first kappa shape index (κ1) is 9.06. The maximum atomic E-state index is 4.27. The van der Waals surface area contributed by atoms with Crippen LogP contribution in [0.5, 0.6) is 0 Å². The van der Waals surface area contributed by atoms with Crippen LogP contribution in [-0.4, -0.2) is 15.0 Å². The Morgan fingerprint density at radius 2 is 1.93 bits per heavy atom. The van der Waals surface area contributed by atoms with E-state index < -0.39 is 0 Å². The maximum Gasteiger partial charge on any atom is 0.106 e. The largest absolute Gasteiger partial charge is 0.362 e. The Hall–Kier alpha value is -1.51. The molecule has 2 aromatic heterocycles. The highest BCUT2D eigenvalue weighted by molar-refractivity contribution is 5.12. The van der Waals surface area contributed by atoms with E-state index >= 15 is 0 Å². The number of imidazole rings is 1. The SMILES string of the molecule is Cc1ccc(CCc2ncc(C)[nH]2)[nH]1. The van der Waals surface area contributed by atoms with Gasteiger partial charge in [0, 0.05) is 29.7 Å². The number of hydrogen-bond acceptors (Lipinski definition) is 1. The number of aromatic nitrogens is 3. The molecule has 2 N–H and O–H groups in total. The van der Waals surface area contributed by atoms with Crippen molar-refractivity contribution < 1.29 is 0 Å². The van der Waals surface area contributed by atoms with Crippen LogP contribution in [0, 0.1) is 13.8 Å². The number of aryl methyl sites for hydroxylation is 4. The molecule has 0 amide bonds. The molecule has 0 aliphatic heterocycles. The number of hydrogen-bond donors (Lipinski definition) is 2. The second-order valence-corrected chi connectivity index (χ2v) is 3.68. The lowest BCUT2D eigenvalue weighted by molar-refractivity contribution is 0.858. The summed E-state index contributed by atoms with van der Waals surface area (Å²) in [5.41, 5.74) is 3.62. The Balaban J connectivity index is 1.94. The van der Waals surface area contributed by atoms with Crippen molar-refractivity contribution in [1.29, 1.82) is 0 Å². The van der Waals surface area contributed by atoms with Gasteiger partial charge in [-0.25, -0.2) is 4.98 Å². The van der Waals surface area contributed by atoms with Crippen molar-refractivity contribution in [3.63, 3.8) is 0 Å². The van der Waals surface area contributed by atoms with Crippen LogP contribution in [0.3, 0.4) is 0 Å². The van der Waals surface area contributed by atoms with Crippen molar-refractivity contribution in [3.05, 3.63) is 41.2 Å². The molecule has 0 bridgehead atoms. The average Bonchev–Trinajstić information content (AvgIpc) is 2.72. The number of aromatic amines is 2. The van der Waals surface area contributed by atoms with Crippen molar-refractivity contribution in [2.75, 3.05) is 0 Å². The van der Waals surface area contributed by atoms with Gasteiger partial charge in [-0.15, -0.1) is 0 Å². The minimum atomic E-state index is 0.966. The van der Waals surface area contributed by atoms with E-state index in [9.17, 15) is 0 Å². The van der Waals surface area contributed by atoms with Gasteiger partial charge in [0.25, 0.3) is 0 Å². The molecule has 0 atom stereocenters. The topological polar surface area (TPSA) is 44.5 Å². The second kappa shape index (κ2) is 3.70. The molecule has 0 saturated heterocycles. The standard InChI is InChI=1S/C11H15N3/c1-8-3-4-10(13-8)5-6-11-12-7-9(2)14-11/h3-4,7,13H,5-6H2,1-2H3,(H,12,14). The van der Waals surface area contributed by atoms with Crippen molar-refractivity contribution in [1.82, 2.24) is 15.0 Å². The highest BCUT2D eigenvalue weighted by Crippen LogP contribution is 2.05. The normalized spacial score (nSPS) is 10.7. The molecule has 2 aromatic rings. The van der Waals surface area contributed by atoms with E-state index in [0.29, 0.717) is 0 Å². The van der Waals surface area contributed by atoms with E-state index in [-0.39, 0.29) is 0 Å². The predicted molar refractivity (Wildman–Crippen MR) is 56.3 cm³/mol. The van der Waals surface area contributed by atoms with Crippen molar-refractivity contribution in [2.24, 2.45) is 0 Å². The van der Waals surface area contributed by atoms with Crippen LogP contribution in [0.2, 0.25) is 0 Å². The van der Waals surface area contributed by atoms with E-state index in [1.54, 1.807) is 0 Å². The van der Waals surface area contributed by atoms with Gasteiger partial charge in [0.05, 0.1) is 0 Å². The number of nitrogens with zero attached hydrogens (tertiary/aromatic N) is 1. The molecule has 0 aromatic carbocycles. The van der Waals surface area contributed by atoms with Gasteiger partial charge >= 0.3 is 0 Å². The summed E-state index contributed by atoms with van der Waals surface area (Å²) < 4.78 is 0. The van der Waals surface area contributed by atoms with E-state index in [2.05, 4.69) is 34.0 Å². The zero-order valence-electron chi connectivity index (χ0n) is 8.59. The highest BCUT2D eigenvalue weighted by Gasteiger charge is 1.99. The summed E-state index contributed by atoms with van der Waals surface area (Å²) in [6.07, 6.45) is 3.85. The summed E-state index contributed by atoms with van der Waals surface area (Å²) in [7, 11) is 0. The summed E-state index contributed by atoms with van der Waals surface area (Å²) in [5, 5.41) is 0. The monoisotopic (exact) mass is 189 g/mol. The molecule has 0 unspecified atom stereocenters. The third kappa shape index (κ3) is 2.05. The highest BCUT2D eigenvalue weighted by atomic mass is 14.9. The summed E-state index contributed by atoms with van der Waals surface area (Å²) in [4.78, 5) is 10.8. The van der Waals surface area contributed by atoms with Crippen LogP contribution in [0.25, 0.3) is 0 Å². The zero-order chi connectivity index (χ0) is 9.97. The van der Waals surface area contributed by atoms with Crippen LogP contribution in [-0.2, 0) is 12.8 Å². The molecule has 0 radical (unpaired) electrons. The van der Waals surface area contributed by atoms with Gasteiger partial charge in [-0.1, -0.05) is 0 Å². The van der Waals surface area contributed by atoms with Crippen LogP contribution < -0.4 is 0 Å². The average molecular weight is 189 g/mol. The number of nitrogens with one attached hydrogen (secondary N) is 2. The Labute approximate surface area is 83.6 Å². The molecule has 0 aliphatic carbocycles. The van der Waals surface area contributed by atoms with E-state index in [1.807, 2.05) is 13.1 Å². The molecule has 2 rings (SSSR count).